The lowest BCUT2D eigenvalue weighted by Crippen LogP contribution is -2.06. The molecular weight excluding hydrogens is 268 g/mol. The first kappa shape index (κ1) is 19.6. The highest BCUT2D eigenvalue weighted by Gasteiger charge is 2.02. The van der Waals surface area contributed by atoms with Crippen molar-refractivity contribution in [3.63, 3.8) is 0 Å². The van der Waals surface area contributed by atoms with Crippen molar-refractivity contribution in [1.29, 1.82) is 0 Å². The molecule has 1 atom stereocenters. The van der Waals surface area contributed by atoms with Gasteiger partial charge in [-0.05, 0) is 25.7 Å². The van der Waals surface area contributed by atoms with Gasteiger partial charge >= 0.3 is 5.97 Å². The van der Waals surface area contributed by atoms with Crippen LogP contribution in [0.1, 0.15) is 58.3 Å². The van der Waals surface area contributed by atoms with E-state index in [-0.39, 0.29) is 12.5 Å². The van der Waals surface area contributed by atoms with Crippen LogP contribution in [0.25, 0.3) is 0 Å². The van der Waals surface area contributed by atoms with Crippen molar-refractivity contribution < 1.29 is 20.0 Å². The van der Waals surface area contributed by atoms with Crippen LogP contribution < -0.4 is 0 Å². The lowest BCUT2D eigenvalue weighted by Gasteiger charge is -2.07. The maximum absolute atomic E-state index is 10.3. The topological polar surface area (TPSA) is 66.8 Å². The molecule has 0 saturated carbocycles. The van der Waals surface area contributed by atoms with E-state index in [1.807, 2.05) is 36.5 Å². The molecule has 0 aromatic heterocycles. The number of carboxylic acids is 1. The molecule has 21 heavy (non-hydrogen) atoms. The number of carboxylic acid groups (broad SMARTS) is 1. The molecule has 0 rings (SSSR count). The normalized spacial score (nSPS) is 13.6. The van der Waals surface area contributed by atoms with Gasteiger partial charge in [0.25, 0.3) is 0 Å². The van der Waals surface area contributed by atoms with E-state index in [2.05, 4.69) is 11.8 Å². The van der Waals surface area contributed by atoms with Crippen LogP contribution in [0.4, 0.5) is 0 Å². The molecule has 120 valence electrons. The van der Waals surface area contributed by atoms with Gasteiger partial charge in [-0.1, -0.05) is 62.6 Å². The first-order chi connectivity index (χ1) is 10.2. The first-order valence-electron chi connectivity index (χ1n) is 7.71. The highest BCUT2D eigenvalue weighted by molar-refractivity contribution is 5.66. The second-order valence-corrected chi connectivity index (χ2v) is 4.95. The molecule has 4 heteroatoms. The Morgan fingerprint density at radius 3 is 2.62 bits per heavy atom. The quantitative estimate of drug-likeness (QED) is 0.169. The van der Waals surface area contributed by atoms with E-state index >= 15 is 0 Å². The Hall–Kier alpha value is -1.39. The van der Waals surface area contributed by atoms with Gasteiger partial charge in [-0.2, -0.15) is 0 Å². The van der Waals surface area contributed by atoms with Crippen molar-refractivity contribution in [2.45, 2.75) is 64.4 Å². The molecule has 0 aliphatic rings. The van der Waals surface area contributed by atoms with E-state index in [4.69, 9.17) is 10.4 Å². The Labute approximate surface area is 127 Å². The minimum Gasteiger partial charge on any atom is -0.481 e. The van der Waals surface area contributed by atoms with Crippen LogP contribution in [0.5, 0.6) is 0 Å². The molecule has 0 saturated heterocycles. The second kappa shape index (κ2) is 15.0. The van der Waals surface area contributed by atoms with Crippen LogP contribution in [-0.2, 0) is 9.68 Å². The summed E-state index contributed by atoms with van der Waals surface area (Å²) in [7, 11) is 0. The Balaban J connectivity index is 3.70. The number of unbranched alkanes of at least 4 members (excludes halogenated alkanes) is 3. The summed E-state index contributed by atoms with van der Waals surface area (Å²) in [5, 5.41) is 17.2. The summed E-state index contributed by atoms with van der Waals surface area (Å²) < 4.78 is 0. The zero-order valence-electron chi connectivity index (χ0n) is 12.9. The van der Waals surface area contributed by atoms with Crippen molar-refractivity contribution in [3.05, 3.63) is 36.5 Å². The molecule has 0 amide bonds. The lowest BCUT2D eigenvalue weighted by molar-refractivity contribution is -0.267. The summed E-state index contributed by atoms with van der Waals surface area (Å²) in [6.07, 6.45) is 18.2. The fourth-order valence-corrected chi connectivity index (χ4v) is 1.79. The smallest absolute Gasteiger partial charge is 0.303 e. The number of carbonyl (C=O) groups is 1. The Kier molecular flexibility index (Phi) is 14.0. The van der Waals surface area contributed by atoms with Crippen molar-refractivity contribution in [1.82, 2.24) is 0 Å². The molecule has 0 heterocycles. The minimum atomic E-state index is -0.743. The summed E-state index contributed by atoms with van der Waals surface area (Å²) in [6, 6.07) is 0. The van der Waals surface area contributed by atoms with Crippen molar-refractivity contribution in [2.75, 3.05) is 0 Å². The van der Waals surface area contributed by atoms with Gasteiger partial charge in [0.15, 0.2) is 0 Å². The summed E-state index contributed by atoms with van der Waals surface area (Å²) in [4.78, 5) is 14.7. The summed E-state index contributed by atoms with van der Waals surface area (Å²) in [6.45, 7) is 2.14. The zero-order valence-corrected chi connectivity index (χ0v) is 12.9. The van der Waals surface area contributed by atoms with Gasteiger partial charge in [-0.15, -0.1) is 0 Å². The van der Waals surface area contributed by atoms with Gasteiger partial charge in [0, 0.05) is 6.42 Å². The van der Waals surface area contributed by atoms with Gasteiger partial charge in [-0.3, -0.25) is 10.1 Å². The number of hydrogen-bond donors (Lipinski definition) is 2. The molecule has 0 bridgehead atoms. The molecule has 0 spiro atoms. The molecule has 0 fully saturated rings. The summed E-state index contributed by atoms with van der Waals surface area (Å²) in [5.74, 6) is -0.743. The van der Waals surface area contributed by atoms with Gasteiger partial charge in [0.1, 0.15) is 6.10 Å². The van der Waals surface area contributed by atoms with E-state index in [1.54, 1.807) is 0 Å². The number of hydrogen-bond acceptors (Lipinski definition) is 3. The van der Waals surface area contributed by atoms with Crippen molar-refractivity contribution >= 4 is 5.97 Å². The largest absolute Gasteiger partial charge is 0.481 e. The second-order valence-electron chi connectivity index (χ2n) is 4.95. The van der Waals surface area contributed by atoms with Crippen LogP contribution in [0, 0.1) is 0 Å². The number of aliphatic carboxylic acids is 1. The zero-order chi connectivity index (χ0) is 15.8. The first-order valence-corrected chi connectivity index (χ1v) is 7.71. The average molecular weight is 296 g/mol. The Morgan fingerprint density at radius 2 is 1.95 bits per heavy atom. The lowest BCUT2D eigenvalue weighted by atomic mass is 10.1. The third-order valence-electron chi connectivity index (χ3n) is 3.00. The minimum absolute atomic E-state index is 0.226. The van der Waals surface area contributed by atoms with Crippen molar-refractivity contribution in [2.24, 2.45) is 0 Å². The third-order valence-corrected chi connectivity index (χ3v) is 3.00. The van der Waals surface area contributed by atoms with Crippen LogP contribution in [0.2, 0.25) is 0 Å². The van der Waals surface area contributed by atoms with Crippen LogP contribution in [0.3, 0.4) is 0 Å². The van der Waals surface area contributed by atoms with Crippen LogP contribution in [-0.4, -0.2) is 22.4 Å². The molecule has 2 N–H and O–H groups in total. The highest BCUT2D eigenvalue weighted by Crippen LogP contribution is 2.07. The van der Waals surface area contributed by atoms with Gasteiger partial charge in [0.2, 0.25) is 0 Å². The maximum atomic E-state index is 10.3. The molecule has 4 nitrogen and oxygen atoms in total. The van der Waals surface area contributed by atoms with Crippen LogP contribution >= 0.6 is 0 Å². The fraction of sp³-hybridized carbons (Fsp3) is 0.588. The Bertz CT molecular complexity index is 332. The van der Waals surface area contributed by atoms with E-state index in [0.717, 1.165) is 38.5 Å². The van der Waals surface area contributed by atoms with E-state index in [0.29, 0.717) is 6.42 Å². The molecule has 0 aliphatic heterocycles. The van der Waals surface area contributed by atoms with E-state index < -0.39 is 5.97 Å². The maximum Gasteiger partial charge on any atom is 0.303 e. The fourth-order valence-electron chi connectivity index (χ4n) is 1.79. The van der Waals surface area contributed by atoms with Crippen molar-refractivity contribution in [3.8, 4) is 0 Å². The van der Waals surface area contributed by atoms with Gasteiger partial charge < -0.3 is 5.11 Å². The average Bonchev–Trinajstić information content (AvgIpc) is 2.47. The standard InChI is InChI=1S/C17H28O4/c1-2-3-10-13-16(21-20)14-11-8-6-4-5-7-9-12-15-17(18)19/h5-8,11,14,16,20H,2-4,9-10,12-13,15H2,1H3,(H,18,19)/b7-5-,8-6-,14-11+/t16-/m0/s1. The Morgan fingerprint density at radius 1 is 1.14 bits per heavy atom. The molecule has 0 radical (unpaired) electrons. The van der Waals surface area contributed by atoms with E-state index in [1.165, 1.54) is 0 Å². The highest BCUT2D eigenvalue weighted by atomic mass is 17.1. The molecule has 0 unspecified atom stereocenters. The van der Waals surface area contributed by atoms with Crippen LogP contribution in [0.15, 0.2) is 36.5 Å². The number of allylic oxidation sites excluding steroid dienone is 5. The molecular formula is C17H28O4. The van der Waals surface area contributed by atoms with E-state index in [9.17, 15) is 4.79 Å². The molecule has 0 aromatic carbocycles. The SMILES string of the molecule is CCCCC[C@@H](/C=C/C=C\C/C=C\CCCC(=O)O)OO. The predicted octanol–water partition coefficient (Wildman–Crippen LogP) is 4.74. The monoisotopic (exact) mass is 296 g/mol. The molecule has 0 aromatic rings. The summed E-state index contributed by atoms with van der Waals surface area (Å²) >= 11 is 0. The third kappa shape index (κ3) is 14.8. The van der Waals surface area contributed by atoms with Gasteiger partial charge in [-0.25, -0.2) is 4.89 Å². The number of rotatable bonds is 13. The molecule has 0 aliphatic carbocycles. The van der Waals surface area contributed by atoms with Gasteiger partial charge in [0.05, 0.1) is 0 Å². The summed E-state index contributed by atoms with van der Waals surface area (Å²) in [5.41, 5.74) is 0. The predicted molar refractivity (Wildman–Crippen MR) is 85.2 cm³/mol.